The molecule has 28 heavy (non-hydrogen) atoms. The van der Waals surface area contributed by atoms with Gasteiger partial charge in [-0.3, -0.25) is 14.4 Å². The van der Waals surface area contributed by atoms with Crippen LogP contribution in [0.5, 0.6) is 0 Å². The number of benzene rings is 2. The Balaban J connectivity index is 1.74. The van der Waals surface area contributed by atoms with Crippen LogP contribution in [-0.4, -0.2) is 24.4 Å². The summed E-state index contributed by atoms with van der Waals surface area (Å²) in [5, 5.41) is 6.06. The lowest BCUT2D eigenvalue weighted by Crippen LogP contribution is -2.22. The van der Waals surface area contributed by atoms with E-state index < -0.39 is 24.4 Å². The van der Waals surface area contributed by atoms with Gasteiger partial charge in [-0.05, 0) is 43.2 Å². The smallest absolute Gasteiger partial charge is 0.306 e. The van der Waals surface area contributed by atoms with Crippen LogP contribution >= 0.6 is 23.2 Å². The lowest BCUT2D eigenvalue weighted by atomic mass is 10.1. The van der Waals surface area contributed by atoms with E-state index in [1.165, 1.54) is 6.07 Å². The molecule has 0 aliphatic heterocycles. The van der Waals surface area contributed by atoms with Crippen molar-refractivity contribution in [3.8, 4) is 0 Å². The molecule has 2 aromatic rings. The first-order chi connectivity index (χ1) is 13.3. The van der Waals surface area contributed by atoms with Gasteiger partial charge in [0, 0.05) is 17.1 Å². The molecule has 0 aliphatic carbocycles. The summed E-state index contributed by atoms with van der Waals surface area (Å²) in [4.78, 5) is 35.7. The van der Waals surface area contributed by atoms with Crippen molar-refractivity contribution in [3.05, 3.63) is 57.6 Å². The molecule has 0 saturated carbocycles. The molecule has 2 aromatic carbocycles. The Labute approximate surface area is 173 Å². The zero-order valence-corrected chi connectivity index (χ0v) is 17.0. The fourth-order valence-corrected chi connectivity index (χ4v) is 2.88. The monoisotopic (exact) mass is 422 g/mol. The van der Waals surface area contributed by atoms with Crippen LogP contribution in [0.1, 0.15) is 24.0 Å². The number of hydrogen-bond donors (Lipinski definition) is 2. The molecule has 2 amide bonds. The van der Waals surface area contributed by atoms with Crippen LogP contribution in [0.3, 0.4) is 0 Å². The number of anilines is 2. The van der Waals surface area contributed by atoms with E-state index in [0.29, 0.717) is 21.4 Å². The van der Waals surface area contributed by atoms with E-state index in [9.17, 15) is 14.4 Å². The van der Waals surface area contributed by atoms with Crippen LogP contribution in [0.4, 0.5) is 11.4 Å². The van der Waals surface area contributed by atoms with E-state index in [1.54, 1.807) is 12.1 Å². The van der Waals surface area contributed by atoms with Gasteiger partial charge in [0.05, 0.1) is 17.1 Å². The van der Waals surface area contributed by atoms with Crippen molar-refractivity contribution < 1.29 is 19.1 Å². The predicted octanol–water partition coefficient (Wildman–Crippen LogP) is 4.51. The Hall–Kier alpha value is -2.57. The van der Waals surface area contributed by atoms with Gasteiger partial charge in [0.25, 0.3) is 5.91 Å². The van der Waals surface area contributed by atoms with Crippen LogP contribution in [0.25, 0.3) is 0 Å². The minimum Gasteiger partial charge on any atom is -0.456 e. The number of halogens is 2. The molecule has 0 heterocycles. The number of ether oxygens (including phenoxy) is 1. The molecule has 8 heteroatoms. The molecule has 0 aliphatic rings. The topological polar surface area (TPSA) is 84.5 Å². The van der Waals surface area contributed by atoms with Gasteiger partial charge < -0.3 is 15.4 Å². The number of nitrogens with one attached hydrogen (secondary N) is 2. The first-order valence-electron chi connectivity index (χ1n) is 8.53. The number of esters is 1. The maximum absolute atomic E-state index is 12.0. The zero-order valence-electron chi connectivity index (χ0n) is 15.5. The first kappa shape index (κ1) is 21.7. The minimum absolute atomic E-state index is 0.101. The predicted molar refractivity (Wildman–Crippen MR) is 110 cm³/mol. The summed E-state index contributed by atoms with van der Waals surface area (Å²) in [6.07, 6.45) is -0.260. The second-order valence-electron chi connectivity index (χ2n) is 6.15. The van der Waals surface area contributed by atoms with Gasteiger partial charge in [0.1, 0.15) is 0 Å². The third-order valence-corrected chi connectivity index (χ3v) is 4.42. The largest absolute Gasteiger partial charge is 0.456 e. The number of rotatable bonds is 7. The molecule has 0 aromatic heterocycles. The molecule has 0 atom stereocenters. The van der Waals surface area contributed by atoms with Gasteiger partial charge in [0.15, 0.2) is 6.61 Å². The number of carbonyl (C=O) groups is 3. The van der Waals surface area contributed by atoms with Gasteiger partial charge in [-0.15, -0.1) is 0 Å². The third-order valence-electron chi connectivity index (χ3n) is 3.87. The highest BCUT2D eigenvalue weighted by Gasteiger charge is 2.13. The summed E-state index contributed by atoms with van der Waals surface area (Å²) in [7, 11) is 0. The number of amides is 2. The Kier molecular flexibility index (Phi) is 7.84. The summed E-state index contributed by atoms with van der Waals surface area (Å²) in [5.41, 5.74) is 2.93. The van der Waals surface area contributed by atoms with Gasteiger partial charge in [-0.2, -0.15) is 0 Å². The summed E-state index contributed by atoms with van der Waals surface area (Å²) in [5.74, 6) is -1.49. The fourth-order valence-electron chi connectivity index (χ4n) is 2.42. The Morgan fingerprint density at radius 2 is 1.61 bits per heavy atom. The molecule has 0 radical (unpaired) electrons. The molecule has 0 unspecified atom stereocenters. The average Bonchev–Trinajstić information content (AvgIpc) is 2.64. The summed E-state index contributed by atoms with van der Waals surface area (Å²) >= 11 is 11.8. The standard InChI is InChI=1S/C20H20Cl2N2O4/c1-12-4-3-5-13(2)20(12)24-18(26)11-28-19(27)9-8-17(25)23-16-7-6-14(21)10-15(16)22/h3-7,10H,8-9,11H2,1-2H3,(H,23,25)(H,24,26). The van der Waals surface area contributed by atoms with Gasteiger partial charge in [0.2, 0.25) is 5.91 Å². The molecule has 2 rings (SSSR count). The van der Waals surface area contributed by atoms with Crippen LogP contribution < -0.4 is 10.6 Å². The molecule has 6 nitrogen and oxygen atoms in total. The molecular formula is C20H20Cl2N2O4. The van der Waals surface area contributed by atoms with Crippen molar-refractivity contribution in [2.75, 3.05) is 17.2 Å². The Morgan fingerprint density at radius 1 is 0.929 bits per heavy atom. The second-order valence-corrected chi connectivity index (χ2v) is 6.99. The van der Waals surface area contributed by atoms with Crippen molar-refractivity contribution in [3.63, 3.8) is 0 Å². The molecule has 0 spiro atoms. The van der Waals surface area contributed by atoms with E-state index in [2.05, 4.69) is 10.6 Å². The van der Waals surface area contributed by atoms with Crippen molar-refractivity contribution in [1.82, 2.24) is 0 Å². The van der Waals surface area contributed by atoms with E-state index >= 15 is 0 Å². The Bertz CT molecular complexity index is 880. The molecule has 0 fully saturated rings. The van der Waals surface area contributed by atoms with Crippen LogP contribution in [0, 0.1) is 13.8 Å². The fraction of sp³-hybridized carbons (Fsp3) is 0.250. The molecule has 2 N–H and O–H groups in total. The van der Waals surface area contributed by atoms with E-state index in [4.69, 9.17) is 27.9 Å². The van der Waals surface area contributed by atoms with Crippen molar-refractivity contribution in [2.45, 2.75) is 26.7 Å². The Morgan fingerprint density at radius 3 is 2.25 bits per heavy atom. The van der Waals surface area contributed by atoms with Crippen LogP contribution in [0.15, 0.2) is 36.4 Å². The summed E-state index contributed by atoms with van der Waals surface area (Å²) in [6, 6.07) is 10.3. The van der Waals surface area contributed by atoms with E-state index in [0.717, 1.165) is 11.1 Å². The lowest BCUT2D eigenvalue weighted by molar-refractivity contribution is -0.147. The molecular weight excluding hydrogens is 403 g/mol. The SMILES string of the molecule is Cc1cccc(C)c1NC(=O)COC(=O)CCC(=O)Nc1ccc(Cl)cc1Cl. The molecule has 148 valence electrons. The van der Waals surface area contributed by atoms with Gasteiger partial charge in [-0.25, -0.2) is 0 Å². The number of hydrogen-bond acceptors (Lipinski definition) is 4. The molecule has 0 bridgehead atoms. The highest BCUT2D eigenvalue weighted by molar-refractivity contribution is 6.36. The minimum atomic E-state index is -0.644. The van der Waals surface area contributed by atoms with E-state index in [1.807, 2.05) is 32.0 Å². The number of aryl methyl sites for hydroxylation is 2. The number of para-hydroxylation sites is 1. The number of carbonyl (C=O) groups excluding carboxylic acids is 3. The quantitative estimate of drug-likeness (QED) is 0.642. The van der Waals surface area contributed by atoms with Gasteiger partial charge in [-0.1, -0.05) is 41.4 Å². The van der Waals surface area contributed by atoms with Crippen LogP contribution in [-0.2, 0) is 19.1 Å². The normalized spacial score (nSPS) is 10.3. The van der Waals surface area contributed by atoms with Gasteiger partial charge >= 0.3 is 5.97 Å². The average molecular weight is 423 g/mol. The maximum Gasteiger partial charge on any atom is 0.306 e. The third kappa shape index (κ3) is 6.55. The maximum atomic E-state index is 12.0. The van der Waals surface area contributed by atoms with Crippen molar-refractivity contribution in [1.29, 1.82) is 0 Å². The highest BCUT2D eigenvalue weighted by Crippen LogP contribution is 2.25. The zero-order chi connectivity index (χ0) is 20.7. The van der Waals surface area contributed by atoms with Crippen LogP contribution in [0.2, 0.25) is 10.0 Å². The van der Waals surface area contributed by atoms with Crippen molar-refractivity contribution in [2.24, 2.45) is 0 Å². The van der Waals surface area contributed by atoms with Crippen molar-refractivity contribution >= 4 is 52.4 Å². The second kappa shape index (κ2) is 10.1. The summed E-state index contributed by atoms with van der Waals surface area (Å²) in [6.45, 7) is 3.33. The first-order valence-corrected chi connectivity index (χ1v) is 9.28. The molecule has 0 saturated heterocycles. The summed E-state index contributed by atoms with van der Waals surface area (Å²) < 4.78 is 4.92. The lowest BCUT2D eigenvalue weighted by Gasteiger charge is -2.11. The van der Waals surface area contributed by atoms with E-state index in [-0.39, 0.29) is 12.8 Å². The highest BCUT2D eigenvalue weighted by atomic mass is 35.5.